The van der Waals surface area contributed by atoms with E-state index in [1.54, 1.807) is 0 Å². The maximum Gasteiger partial charge on any atom is 0.126 e. The summed E-state index contributed by atoms with van der Waals surface area (Å²) in [6.07, 6.45) is 6.49. The van der Waals surface area contributed by atoms with Gasteiger partial charge in [-0.05, 0) is 56.7 Å². The predicted molar refractivity (Wildman–Crippen MR) is 71.4 cm³/mol. The Kier molecular flexibility index (Phi) is 3.41. The molecule has 2 aliphatic heterocycles. The standard InChI is InChI=1S/C15H21NO2/c16-7-1-5-13-12-6-3-8-17-14(12)10-11-4-2-9-18-15(11)13/h10H,1-9,16H2. The van der Waals surface area contributed by atoms with Crippen LogP contribution in [-0.2, 0) is 19.3 Å². The molecule has 3 rings (SSSR count). The van der Waals surface area contributed by atoms with Crippen LogP contribution in [-0.4, -0.2) is 19.8 Å². The lowest BCUT2D eigenvalue weighted by Crippen LogP contribution is -2.17. The van der Waals surface area contributed by atoms with Crippen molar-refractivity contribution >= 4 is 0 Å². The van der Waals surface area contributed by atoms with Crippen molar-refractivity contribution in [3.05, 3.63) is 22.8 Å². The van der Waals surface area contributed by atoms with Crippen LogP contribution in [0, 0.1) is 0 Å². The summed E-state index contributed by atoms with van der Waals surface area (Å²) < 4.78 is 11.7. The molecule has 98 valence electrons. The molecule has 18 heavy (non-hydrogen) atoms. The minimum Gasteiger partial charge on any atom is -0.493 e. The second kappa shape index (κ2) is 5.19. The van der Waals surface area contributed by atoms with E-state index in [4.69, 9.17) is 15.2 Å². The van der Waals surface area contributed by atoms with E-state index in [0.29, 0.717) is 0 Å². The fourth-order valence-electron chi connectivity index (χ4n) is 2.97. The van der Waals surface area contributed by atoms with Gasteiger partial charge in [-0.2, -0.15) is 0 Å². The molecular weight excluding hydrogens is 226 g/mol. The Hall–Kier alpha value is -1.22. The third-order valence-corrected chi connectivity index (χ3v) is 3.83. The maximum atomic E-state index is 5.92. The summed E-state index contributed by atoms with van der Waals surface area (Å²) in [5.74, 6) is 2.23. The Morgan fingerprint density at radius 1 is 1.11 bits per heavy atom. The predicted octanol–water partition coefficient (Wildman–Crippen LogP) is 2.23. The molecule has 2 N–H and O–H groups in total. The van der Waals surface area contributed by atoms with Gasteiger partial charge in [0.05, 0.1) is 13.2 Å². The van der Waals surface area contributed by atoms with Crippen molar-refractivity contribution in [1.82, 2.24) is 0 Å². The van der Waals surface area contributed by atoms with Gasteiger partial charge in [0.2, 0.25) is 0 Å². The van der Waals surface area contributed by atoms with Crippen molar-refractivity contribution in [2.75, 3.05) is 19.8 Å². The Morgan fingerprint density at radius 3 is 2.83 bits per heavy atom. The van der Waals surface area contributed by atoms with E-state index in [1.165, 1.54) is 16.7 Å². The SMILES string of the molecule is NCCCc1c2c(cc3c1OCCC3)OCCC2. The summed E-state index contributed by atoms with van der Waals surface area (Å²) in [5.41, 5.74) is 9.72. The molecule has 0 fully saturated rings. The second-order valence-corrected chi connectivity index (χ2v) is 5.12. The zero-order valence-electron chi connectivity index (χ0n) is 10.8. The van der Waals surface area contributed by atoms with Gasteiger partial charge in [-0.15, -0.1) is 0 Å². The number of aryl methyl sites for hydroxylation is 1. The van der Waals surface area contributed by atoms with Crippen LogP contribution in [0.1, 0.15) is 36.0 Å². The molecule has 0 radical (unpaired) electrons. The van der Waals surface area contributed by atoms with Gasteiger partial charge in [-0.3, -0.25) is 0 Å². The molecule has 0 bridgehead atoms. The smallest absolute Gasteiger partial charge is 0.126 e. The highest BCUT2D eigenvalue weighted by atomic mass is 16.5. The first-order valence-electron chi connectivity index (χ1n) is 7.03. The minimum absolute atomic E-state index is 0.735. The van der Waals surface area contributed by atoms with Crippen molar-refractivity contribution in [2.45, 2.75) is 38.5 Å². The van der Waals surface area contributed by atoms with Crippen LogP contribution in [0.15, 0.2) is 6.07 Å². The summed E-state index contributed by atoms with van der Waals surface area (Å²) in [4.78, 5) is 0. The van der Waals surface area contributed by atoms with Gasteiger partial charge in [0.25, 0.3) is 0 Å². The van der Waals surface area contributed by atoms with E-state index in [2.05, 4.69) is 6.07 Å². The number of benzene rings is 1. The Morgan fingerprint density at radius 2 is 1.94 bits per heavy atom. The van der Waals surface area contributed by atoms with Crippen molar-refractivity contribution in [3.63, 3.8) is 0 Å². The highest BCUT2D eigenvalue weighted by molar-refractivity contribution is 5.55. The summed E-state index contributed by atoms with van der Waals surface area (Å²) >= 11 is 0. The average molecular weight is 247 g/mol. The zero-order valence-corrected chi connectivity index (χ0v) is 10.8. The summed E-state index contributed by atoms with van der Waals surface area (Å²) in [5, 5.41) is 0. The third-order valence-electron chi connectivity index (χ3n) is 3.83. The lowest BCUT2D eigenvalue weighted by Gasteiger charge is -2.27. The first kappa shape index (κ1) is 11.8. The molecule has 3 nitrogen and oxygen atoms in total. The molecule has 1 aromatic carbocycles. The normalized spacial score (nSPS) is 17.4. The van der Waals surface area contributed by atoms with E-state index in [9.17, 15) is 0 Å². The van der Waals surface area contributed by atoms with Gasteiger partial charge < -0.3 is 15.2 Å². The molecule has 2 heterocycles. The molecule has 0 amide bonds. The van der Waals surface area contributed by atoms with E-state index in [0.717, 1.165) is 69.8 Å². The highest BCUT2D eigenvalue weighted by Crippen LogP contribution is 2.40. The number of ether oxygens (including phenoxy) is 2. The fraction of sp³-hybridized carbons (Fsp3) is 0.600. The van der Waals surface area contributed by atoms with Crippen LogP contribution in [0.2, 0.25) is 0 Å². The van der Waals surface area contributed by atoms with Crippen LogP contribution >= 0.6 is 0 Å². The molecule has 0 unspecified atom stereocenters. The van der Waals surface area contributed by atoms with E-state index >= 15 is 0 Å². The quantitative estimate of drug-likeness (QED) is 0.890. The molecule has 2 aliphatic rings. The third kappa shape index (κ3) is 2.07. The Labute approximate surface area is 108 Å². The molecule has 0 saturated heterocycles. The second-order valence-electron chi connectivity index (χ2n) is 5.12. The van der Waals surface area contributed by atoms with Gasteiger partial charge in [0.1, 0.15) is 11.5 Å². The number of rotatable bonds is 3. The van der Waals surface area contributed by atoms with Crippen LogP contribution in [0.5, 0.6) is 11.5 Å². The fourth-order valence-corrected chi connectivity index (χ4v) is 2.97. The zero-order chi connectivity index (χ0) is 12.4. The average Bonchev–Trinajstić information content (AvgIpc) is 2.43. The largest absolute Gasteiger partial charge is 0.493 e. The molecule has 0 saturated carbocycles. The summed E-state index contributed by atoms with van der Waals surface area (Å²) in [6.45, 7) is 2.44. The number of hydrogen-bond acceptors (Lipinski definition) is 3. The molecular formula is C15H21NO2. The van der Waals surface area contributed by atoms with Gasteiger partial charge in [0.15, 0.2) is 0 Å². The first-order chi connectivity index (χ1) is 8.90. The lowest BCUT2D eigenvalue weighted by atomic mass is 9.91. The molecule has 3 heteroatoms. The summed E-state index contributed by atoms with van der Waals surface area (Å²) in [6, 6.07) is 2.20. The number of fused-ring (bicyclic) bond motifs is 2. The van der Waals surface area contributed by atoms with Gasteiger partial charge in [0, 0.05) is 11.1 Å². The first-order valence-corrected chi connectivity index (χ1v) is 7.03. The van der Waals surface area contributed by atoms with Crippen LogP contribution in [0.4, 0.5) is 0 Å². The van der Waals surface area contributed by atoms with Crippen molar-refractivity contribution < 1.29 is 9.47 Å². The van der Waals surface area contributed by atoms with Crippen LogP contribution in [0.3, 0.4) is 0 Å². The molecule has 0 spiro atoms. The monoisotopic (exact) mass is 247 g/mol. The van der Waals surface area contributed by atoms with E-state index in [-0.39, 0.29) is 0 Å². The van der Waals surface area contributed by atoms with Crippen LogP contribution in [0.25, 0.3) is 0 Å². The maximum absolute atomic E-state index is 5.92. The van der Waals surface area contributed by atoms with E-state index in [1.807, 2.05) is 0 Å². The lowest BCUT2D eigenvalue weighted by molar-refractivity contribution is 0.269. The van der Waals surface area contributed by atoms with Gasteiger partial charge >= 0.3 is 0 Å². The minimum atomic E-state index is 0.735. The highest BCUT2D eigenvalue weighted by Gasteiger charge is 2.23. The Bertz CT molecular complexity index is 408. The number of hydrogen-bond donors (Lipinski definition) is 1. The Balaban J connectivity index is 2.05. The molecule has 0 atom stereocenters. The number of nitrogens with two attached hydrogens (primary N) is 1. The van der Waals surface area contributed by atoms with Crippen LogP contribution < -0.4 is 15.2 Å². The van der Waals surface area contributed by atoms with Gasteiger partial charge in [-0.1, -0.05) is 0 Å². The summed E-state index contributed by atoms with van der Waals surface area (Å²) in [7, 11) is 0. The molecule has 0 aliphatic carbocycles. The van der Waals surface area contributed by atoms with E-state index < -0.39 is 0 Å². The topological polar surface area (TPSA) is 44.5 Å². The van der Waals surface area contributed by atoms with Crippen molar-refractivity contribution in [2.24, 2.45) is 5.73 Å². The van der Waals surface area contributed by atoms with Gasteiger partial charge in [-0.25, -0.2) is 0 Å². The molecule has 1 aromatic rings. The van der Waals surface area contributed by atoms with Crippen molar-refractivity contribution in [1.29, 1.82) is 0 Å². The van der Waals surface area contributed by atoms with Crippen molar-refractivity contribution in [3.8, 4) is 11.5 Å². The molecule has 0 aromatic heterocycles.